The van der Waals surface area contributed by atoms with Gasteiger partial charge in [0.15, 0.2) is 5.78 Å². The van der Waals surface area contributed by atoms with E-state index in [0.29, 0.717) is 22.9 Å². The van der Waals surface area contributed by atoms with Gasteiger partial charge in [0.25, 0.3) is 0 Å². The fourth-order valence-corrected chi connectivity index (χ4v) is 2.84. The third-order valence-electron chi connectivity index (χ3n) is 2.80. The zero-order valence-electron chi connectivity index (χ0n) is 11.3. The summed E-state index contributed by atoms with van der Waals surface area (Å²) in [5, 5.41) is 0.858. The third-order valence-corrected chi connectivity index (χ3v) is 3.62. The van der Waals surface area contributed by atoms with E-state index in [4.69, 9.17) is 39.5 Å². The van der Waals surface area contributed by atoms with E-state index < -0.39 is 0 Å². The third kappa shape index (κ3) is 3.91. The lowest BCUT2D eigenvalue weighted by Gasteiger charge is -2.09. The van der Waals surface area contributed by atoms with Gasteiger partial charge in [-0.1, -0.05) is 53.9 Å². The van der Waals surface area contributed by atoms with Crippen LogP contribution in [0.15, 0.2) is 36.4 Å². The SMILES string of the molecule is CCCOc1cccc(C(=O)c2c(Cl)cc(Cl)cc2Cl)c1. The van der Waals surface area contributed by atoms with Crippen molar-refractivity contribution in [2.45, 2.75) is 13.3 Å². The second kappa shape index (κ2) is 7.17. The van der Waals surface area contributed by atoms with E-state index in [9.17, 15) is 4.79 Å². The van der Waals surface area contributed by atoms with Gasteiger partial charge in [-0.05, 0) is 30.7 Å². The molecule has 0 saturated heterocycles. The van der Waals surface area contributed by atoms with E-state index >= 15 is 0 Å². The highest BCUT2D eigenvalue weighted by atomic mass is 35.5. The molecule has 2 nitrogen and oxygen atoms in total. The molecular weight excluding hydrogens is 331 g/mol. The summed E-state index contributed by atoms with van der Waals surface area (Å²) in [5.41, 5.74) is 0.713. The molecule has 2 aromatic carbocycles. The molecule has 0 aliphatic heterocycles. The smallest absolute Gasteiger partial charge is 0.196 e. The molecule has 0 radical (unpaired) electrons. The van der Waals surface area contributed by atoms with Crippen molar-refractivity contribution in [3.05, 3.63) is 62.6 Å². The molecule has 5 heteroatoms. The van der Waals surface area contributed by atoms with E-state index in [1.807, 2.05) is 6.92 Å². The fraction of sp³-hybridized carbons (Fsp3) is 0.188. The molecule has 0 atom stereocenters. The Morgan fingerprint density at radius 2 is 1.76 bits per heavy atom. The second-order valence-electron chi connectivity index (χ2n) is 4.45. The Morgan fingerprint density at radius 3 is 2.38 bits per heavy atom. The molecule has 0 aromatic heterocycles. The number of carbonyl (C=O) groups excluding carboxylic acids is 1. The van der Waals surface area contributed by atoms with Crippen LogP contribution in [0.5, 0.6) is 5.75 Å². The van der Waals surface area contributed by atoms with Gasteiger partial charge in [0.2, 0.25) is 0 Å². The molecule has 0 heterocycles. The summed E-state index contributed by atoms with van der Waals surface area (Å²) in [6.45, 7) is 2.61. The summed E-state index contributed by atoms with van der Waals surface area (Å²) < 4.78 is 5.52. The van der Waals surface area contributed by atoms with Crippen molar-refractivity contribution in [1.29, 1.82) is 0 Å². The van der Waals surface area contributed by atoms with E-state index in [-0.39, 0.29) is 21.4 Å². The molecular formula is C16H13Cl3O2. The van der Waals surface area contributed by atoms with E-state index in [1.54, 1.807) is 24.3 Å². The lowest BCUT2D eigenvalue weighted by atomic mass is 10.0. The molecule has 0 aliphatic carbocycles. The second-order valence-corrected chi connectivity index (χ2v) is 5.70. The number of hydrogen-bond acceptors (Lipinski definition) is 2. The summed E-state index contributed by atoms with van der Waals surface area (Å²) >= 11 is 18.0. The number of carbonyl (C=O) groups is 1. The lowest BCUT2D eigenvalue weighted by molar-refractivity contribution is 0.103. The van der Waals surface area contributed by atoms with E-state index in [0.717, 1.165) is 6.42 Å². The molecule has 0 saturated carbocycles. The first-order valence-corrected chi connectivity index (χ1v) is 7.58. The van der Waals surface area contributed by atoms with E-state index in [2.05, 4.69) is 0 Å². The van der Waals surface area contributed by atoms with Gasteiger partial charge in [-0.15, -0.1) is 0 Å². The largest absolute Gasteiger partial charge is 0.494 e. The first-order chi connectivity index (χ1) is 10.0. The number of hydrogen-bond donors (Lipinski definition) is 0. The summed E-state index contributed by atoms with van der Waals surface area (Å²) in [6, 6.07) is 9.94. The van der Waals surface area contributed by atoms with Gasteiger partial charge in [0.1, 0.15) is 5.75 Å². The lowest BCUT2D eigenvalue weighted by Crippen LogP contribution is -2.04. The molecule has 0 spiro atoms. The van der Waals surface area contributed by atoms with Crippen molar-refractivity contribution in [3.8, 4) is 5.75 Å². The summed E-state index contributed by atoms with van der Waals surface area (Å²) in [6.07, 6.45) is 0.896. The van der Waals surface area contributed by atoms with Gasteiger partial charge in [0, 0.05) is 10.6 Å². The van der Waals surface area contributed by atoms with Crippen LogP contribution >= 0.6 is 34.8 Å². The molecule has 2 rings (SSSR count). The highest BCUT2D eigenvalue weighted by Crippen LogP contribution is 2.31. The van der Waals surface area contributed by atoms with Crippen molar-refractivity contribution in [1.82, 2.24) is 0 Å². The van der Waals surface area contributed by atoms with Crippen LogP contribution in [0.1, 0.15) is 29.3 Å². The molecule has 0 bridgehead atoms. The van der Waals surface area contributed by atoms with Crippen LogP contribution < -0.4 is 4.74 Å². The minimum absolute atomic E-state index is 0.234. The number of halogens is 3. The van der Waals surface area contributed by atoms with Gasteiger partial charge < -0.3 is 4.74 Å². The van der Waals surface area contributed by atoms with Crippen molar-refractivity contribution in [2.24, 2.45) is 0 Å². The quantitative estimate of drug-likeness (QED) is 0.654. The summed E-state index contributed by atoms with van der Waals surface area (Å²) in [5.74, 6) is 0.382. The fourth-order valence-electron chi connectivity index (χ4n) is 1.85. The van der Waals surface area contributed by atoms with Crippen LogP contribution in [0.3, 0.4) is 0 Å². The average Bonchev–Trinajstić information content (AvgIpc) is 2.44. The van der Waals surface area contributed by atoms with Crippen molar-refractivity contribution in [3.63, 3.8) is 0 Å². The van der Waals surface area contributed by atoms with Gasteiger partial charge in [-0.25, -0.2) is 0 Å². The number of ketones is 1. The molecule has 21 heavy (non-hydrogen) atoms. The first-order valence-electron chi connectivity index (χ1n) is 6.45. The Balaban J connectivity index is 2.36. The van der Waals surface area contributed by atoms with Crippen LogP contribution in [0.2, 0.25) is 15.1 Å². The predicted molar refractivity (Wildman–Crippen MR) is 87.1 cm³/mol. The van der Waals surface area contributed by atoms with Crippen LogP contribution in [-0.2, 0) is 0 Å². The Hall–Kier alpha value is -1.22. The molecule has 0 fully saturated rings. The molecule has 0 unspecified atom stereocenters. The zero-order valence-corrected chi connectivity index (χ0v) is 13.6. The van der Waals surface area contributed by atoms with Crippen LogP contribution in [0, 0.1) is 0 Å². The molecule has 110 valence electrons. The number of rotatable bonds is 5. The normalized spacial score (nSPS) is 10.5. The predicted octanol–water partition coefficient (Wildman–Crippen LogP) is 5.67. The minimum Gasteiger partial charge on any atom is -0.494 e. The minimum atomic E-state index is -0.261. The molecule has 0 aliphatic rings. The topological polar surface area (TPSA) is 26.3 Å². The van der Waals surface area contributed by atoms with Crippen molar-refractivity contribution >= 4 is 40.6 Å². The maximum Gasteiger partial charge on any atom is 0.196 e. The van der Waals surface area contributed by atoms with Gasteiger partial charge in [-0.3, -0.25) is 4.79 Å². The van der Waals surface area contributed by atoms with Crippen LogP contribution in [0.4, 0.5) is 0 Å². The Labute approximate surface area is 138 Å². The highest BCUT2D eigenvalue weighted by molar-refractivity contribution is 6.43. The monoisotopic (exact) mass is 342 g/mol. The molecule has 0 amide bonds. The van der Waals surface area contributed by atoms with Crippen molar-refractivity contribution in [2.75, 3.05) is 6.61 Å². The Kier molecular flexibility index (Phi) is 5.51. The zero-order chi connectivity index (χ0) is 15.4. The molecule has 0 N–H and O–H groups in total. The van der Waals surface area contributed by atoms with Crippen LogP contribution in [0.25, 0.3) is 0 Å². The maximum absolute atomic E-state index is 12.6. The molecule has 2 aromatic rings. The highest BCUT2D eigenvalue weighted by Gasteiger charge is 2.18. The standard InChI is InChI=1S/C16H13Cl3O2/c1-2-6-21-12-5-3-4-10(7-12)16(20)15-13(18)8-11(17)9-14(15)19/h3-5,7-9H,2,6H2,1H3. The van der Waals surface area contributed by atoms with Crippen LogP contribution in [-0.4, -0.2) is 12.4 Å². The number of benzene rings is 2. The van der Waals surface area contributed by atoms with Gasteiger partial charge >= 0.3 is 0 Å². The van der Waals surface area contributed by atoms with Gasteiger partial charge in [0.05, 0.1) is 22.2 Å². The maximum atomic E-state index is 12.6. The number of ether oxygens (including phenoxy) is 1. The Bertz CT molecular complexity index is 645. The summed E-state index contributed by atoms with van der Waals surface area (Å²) in [4.78, 5) is 12.6. The van der Waals surface area contributed by atoms with E-state index in [1.165, 1.54) is 12.1 Å². The summed E-state index contributed by atoms with van der Waals surface area (Å²) in [7, 11) is 0. The Morgan fingerprint density at radius 1 is 1.10 bits per heavy atom. The van der Waals surface area contributed by atoms with Crippen molar-refractivity contribution < 1.29 is 9.53 Å². The average molecular weight is 344 g/mol. The van der Waals surface area contributed by atoms with Gasteiger partial charge in [-0.2, -0.15) is 0 Å². The first kappa shape index (κ1) is 16.2.